The number of anilines is 1. The van der Waals surface area contributed by atoms with Gasteiger partial charge in [-0.3, -0.25) is 9.59 Å². The Morgan fingerprint density at radius 3 is 2.56 bits per heavy atom. The molecule has 0 saturated heterocycles. The molecule has 0 radical (unpaired) electrons. The molecule has 1 aromatic rings. The second-order valence-electron chi connectivity index (χ2n) is 5.39. The lowest BCUT2D eigenvalue weighted by Crippen LogP contribution is -2.70. The third-order valence-corrected chi connectivity index (χ3v) is 4.00. The van der Waals surface area contributed by atoms with Crippen LogP contribution in [0.15, 0.2) is 18.2 Å². The number of esters is 2. The minimum absolute atomic E-state index is 0.0198. The summed E-state index contributed by atoms with van der Waals surface area (Å²) in [4.78, 5) is 49.5. The summed E-state index contributed by atoms with van der Waals surface area (Å²) < 4.78 is 14.2. The van der Waals surface area contributed by atoms with Crippen molar-refractivity contribution in [1.82, 2.24) is 10.4 Å². The largest absolute Gasteiger partial charge is 0.469 e. The Hall–Kier alpha value is -3.01. The van der Waals surface area contributed by atoms with Gasteiger partial charge in [0.2, 0.25) is 5.66 Å². The van der Waals surface area contributed by atoms with E-state index in [-0.39, 0.29) is 22.9 Å². The molecule has 2 amide bonds. The lowest BCUT2D eigenvalue weighted by atomic mass is 9.97. The average molecular weight is 400 g/mol. The Balaban J connectivity index is 2.61. The first-order valence-electron chi connectivity index (χ1n) is 7.80. The van der Waals surface area contributed by atoms with E-state index in [2.05, 4.69) is 15.5 Å². The Morgan fingerprint density at radius 2 is 1.96 bits per heavy atom. The van der Waals surface area contributed by atoms with Crippen LogP contribution in [0.1, 0.15) is 23.7 Å². The SMILES string of the molecule is CCOC(=O)NN1C(=O)c2cc(Cl)ccc2NC1(CC(=O)OC)C(=O)OC. The van der Waals surface area contributed by atoms with Crippen LogP contribution in [0.25, 0.3) is 0 Å². The summed E-state index contributed by atoms with van der Waals surface area (Å²) in [6, 6.07) is 4.31. The average Bonchev–Trinajstić information content (AvgIpc) is 2.64. The number of rotatable bonds is 5. The van der Waals surface area contributed by atoms with Gasteiger partial charge in [-0.2, -0.15) is 0 Å². The fourth-order valence-corrected chi connectivity index (χ4v) is 2.74. The van der Waals surface area contributed by atoms with E-state index in [0.29, 0.717) is 5.01 Å². The summed E-state index contributed by atoms with van der Waals surface area (Å²) in [7, 11) is 2.20. The molecule has 1 aliphatic heterocycles. The number of nitrogens with zero attached hydrogens (tertiary/aromatic N) is 1. The number of fused-ring (bicyclic) bond motifs is 1. The van der Waals surface area contributed by atoms with E-state index in [1.54, 1.807) is 6.92 Å². The molecular formula is C16H18ClN3O7. The first-order valence-corrected chi connectivity index (χ1v) is 8.17. The van der Waals surface area contributed by atoms with Gasteiger partial charge in [0.1, 0.15) is 6.42 Å². The second kappa shape index (κ2) is 8.12. The molecule has 1 heterocycles. The van der Waals surface area contributed by atoms with Crippen LogP contribution in [-0.4, -0.2) is 55.4 Å². The van der Waals surface area contributed by atoms with Crippen LogP contribution in [0.5, 0.6) is 0 Å². The molecule has 2 N–H and O–H groups in total. The van der Waals surface area contributed by atoms with E-state index in [9.17, 15) is 19.2 Å². The summed E-state index contributed by atoms with van der Waals surface area (Å²) in [6.07, 6.45) is -1.65. The normalized spacial score (nSPS) is 18.1. The molecule has 1 aromatic carbocycles. The quantitative estimate of drug-likeness (QED) is 0.561. The molecule has 10 nitrogen and oxygen atoms in total. The topological polar surface area (TPSA) is 123 Å². The molecule has 0 bridgehead atoms. The molecule has 1 unspecified atom stereocenters. The van der Waals surface area contributed by atoms with Crippen LogP contribution in [0.2, 0.25) is 5.02 Å². The number of carbonyl (C=O) groups excluding carboxylic acids is 4. The van der Waals surface area contributed by atoms with Gasteiger partial charge in [0.15, 0.2) is 0 Å². The number of methoxy groups -OCH3 is 2. The molecule has 0 aromatic heterocycles. The molecule has 2 rings (SSSR count). The zero-order valence-electron chi connectivity index (χ0n) is 14.8. The van der Waals surface area contributed by atoms with Gasteiger partial charge in [-0.1, -0.05) is 11.6 Å². The molecule has 0 spiro atoms. The maximum atomic E-state index is 13.0. The molecule has 146 valence electrons. The smallest absolute Gasteiger partial charge is 0.426 e. The number of hydrogen-bond acceptors (Lipinski definition) is 8. The summed E-state index contributed by atoms with van der Waals surface area (Å²) in [6.45, 7) is 1.58. The van der Waals surface area contributed by atoms with Gasteiger partial charge in [-0.15, -0.1) is 0 Å². The second-order valence-corrected chi connectivity index (χ2v) is 5.83. The molecule has 0 aliphatic carbocycles. The van der Waals surface area contributed by atoms with Crippen molar-refractivity contribution in [2.24, 2.45) is 0 Å². The van der Waals surface area contributed by atoms with Gasteiger partial charge in [0.25, 0.3) is 5.91 Å². The summed E-state index contributed by atoms with van der Waals surface area (Å²) in [5.74, 6) is -2.62. The van der Waals surface area contributed by atoms with Crippen molar-refractivity contribution in [1.29, 1.82) is 0 Å². The van der Waals surface area contributed by atoms with Crippen LogP contribution in [0.3, 0.4) is 0 Å². The first-order chi connectivity index (χ1) is 12.8. The molecular weight excluding hydrogens is 382 g/mol. The summed E-state index contributed by atoms with van der Waals surface area (Å²) >= 11 is 5.94. The van der Waals surface area contributed by atoms with Crippen LogP contribution in [0, 0.1) is 0 Å². The van der Waals surface area contributed by atoms with Crippen LogP contribution < -0.4 is 10.7 Å². The Labute approximate surface area is 159 Å². The molecule has 27 heavy (non-hydrogen) atoms. The number of benzene rings is 1. The van der Waals surface area contributed by atoms with Crippen LogP contribution >= 0.6 is 11.6 Å². The molecule has 1 atom stereocenters. The van der Waals surface area contributed by atoms with Crippen molar-refractivity contribution in [2.45, 2.75) is 19.0 Å². The van der Waals surface area contributed by atoms with Crippen molar-refractivity contribution in [3.05, 3.63) is 28.8 Å². The van der Waals surface area contributed by atoms with Gasteiger partial charge in [0.05, 0.1) is 26.4 Å². The highest BCUT2D eigenvalue weighted by Gasteiger charge is 2.54. The fraction of sp³-hybridized carbons (Fsp3) is 0.375. The van der Waals surface area contributed by atoms with Crippen molar-refractivity contribution in [2.75, 3.05) is 26.1 Å². The van der Waals surface area contributed by atoms with E-state index in [1.807, 2.05) is 0 Å². The number of carbonyl (C=O) groups is 4. The van der Waals surface area contributed by atoms with E-state index in [4.69, 9.17) is 21.1 Å². The number of ether oxygens (including phenoxy) is 3. The third-order valence-electron chi connectivity index (χ3n) is 3.77. The van der Waals surface area contributed by atoms with Crippen molar-refractivity contribution in [3.8, 4) is 0 Å². The number of nitrogens with one attached hydrogen (secondary N) is 2. The van der Waals surface area contributed by atoms with E-state index in [1.165, 1.54) is 18.2 Å². The third kappa shape index (κ3) is 3.90. The van der Waals surface area contributed by atoms with E-state index in [0.717, 1.165) is 14.2 Å². The predicted molar refractivity (Wildman–Crippen MR) is 92.8 cm³/mol. The zero-order valence-corrected chi connectivity index (χ0v) is 15.6. The number of halogens is 1. The maximum Gasteiger partial charge on any atom is 0.426 e. The Bertz CT molecular complexity index is 785. The minimum Gasteiger partial charge on any atom is -0.469 e. The number of hydrogen-bond donors (Lipinski definition) is 2. The highest BCUT2D eigenvalue weighted by Crippen LogP contribution is 2.35. The summed E-state index contributed by atoms with van der Waals surface area (Å²) in [5, 5.41) is 3.69. The van der Waals surface area contributed by atoms with Gasteiger partial charge >= 0.3 is 18.0 Å². The summed E-state index contributed by atoms with van der Waals surface area (Å²) in [5.41, 5.74) is 0.379. The Morgan fingerprint density at radius 1 is 1.26 bits per heavy atom. The monoisotopic (exact) mass is 399 g/mol. The fourth-order valence-electron chi connectivity index (χ4n) is 2.56. The van der Waals surface area contributed by atoms with Crippen molar-refractivity contribution >= 4 is 41.2 Å². The molecule has 0 fully saturated rings. The van der Waals surface area contributed by atoms with Gasteiger partial charge in [0, 0.05) is 10.7 Å². The van der Waals surface area contributed by atoms with Gasteiger partial charge < -0.3 is 19.5 Å². The molecule has 1 aliphatic rings. The highest BCUT2D eigenvalue weighted by atomic mass is 35.5. The van der Waals surface area contributed by atoms with Crippen molar-refractivity contribution < 1.29 is 33.4 Å². The van der Waals surface area contributed by atoms with E-state index >= 15 is 0 Å². The standard InChI is InChI=1S/C16H18ClN3O7/c1-4-27-15(24)19-20-13(22)10-7-9(17)5-6-11(10)18-16(20,14(23)26-3)8-12(21)25-2/h5-7,18H,4,8H2,1-3H3,(H,19,24). The van der Waals surface area contributed by atoms with Crippen LogP contribution in [-0.2, 0) is 23.8 Å². The molecule has 11 heteroatoms. The Kier molecular flexibility index (Phi) is 6.11. The lowest BCUT2D eigenvalue weighted by molar-refractivity contribution is -0.160. The zero-order chi connectivity index (χ0) is 20.2. The maximum absolute atomic E-state index is 13.0. The van der Waals surface area contributed by atoms with Gasteiger partial charge in [-0.25, -0.2) is 20.0 Å². The van der Waals surface area contributed by atoms with Crippen LogP contribution in [0.4, 0.5) is 10.5 Å². The van der Waals surface area contributed by atoms with E-state index < -0.39 is 36.0 Å². The first kappa shape index (κ1) is 20.3. The minimum atomic E-state index is -2.09. The number of amides is 2. The predicted octanol–water partition coefficient (Wildman–Crippen LogP) is 1.30. The highest BCUT2D eigenvalue weighted by molar-refractivity contribution is 6.31. The lowest BCUT2D eigenvalue weighted by Gasteiger charge is -2.44. The number of hydrazine groups is 1. The van der Waals surface area contributed by atoms with Crippen molar-refractivity contribution in [3.63, 3.8) is 0 Å². The van der Waals surface area contributed by atoms with Gasteiger partial charge in [-0.05, 0) is 25.1 Å². The molecule has 0 saturated carbocycles.